The minimum atomic E-state index is -0.701. The van der Waals surface area contributed by atoms with Gasteiger partial charge in [-0.15, -0.1) is 0 Å². The molecule has 586 valence electrons. The van der Waals surface area contributed by atoms with Gasteiger partial charge < -0.3 is 69.9 Å². The molecule has 2 aromatic heterocycles. The molecule has 4 aliphatic rings. The van der Waals surface area contributed by atoms with Crippen LogP contribution < -0.4 is 54.6 Å². The topological polar surface area (TPSA) is 206 Å². The number of hydrogen-bond acceptors (Lipinski definition) is 18. The SMILES string of the molecule is Cc1ccc(Oc2c(F)cccc2O[C@@H]2CCC[C@@H](NCc3ccccc3)[C@H]2O)cc1.Fc1ccc(-c2nsc3c(N4CCNCC4)ncnc23)cc1.O[C@@H]1[C@H](NCc2ccccc2)CCC[C@H]1Oc1ccccc1Oc1ccc(Cl)cc1.O[C@@H]1[C@H](NCc2ccccc2)CCC[C@H]1Oc1ccccc1Oc1cccc(F)c1. The van der Waals surface area contributed by atoms with E-state index in [0.717, 1.165) is 123 Å². The van der Waals surface area contributed by atoms with Crippen LogP contribution in [-0.4, -0.2) is 111 Å². The molecular formula is C91H94ClF3N8O9S. The van der Waals surface area contributed by atoms with Crippen LogP contribution in [0.2, 0.25) is 5.02 Å². The minimum Gasteiger partial charge on any atom is -0.484 e. The molecule has 0 unspecified atom stereocenters. The summed E-state index contributed by atoms with van der Waals surface area (Å²) in [4.78, 5) is 11.1. The van der Waals surface area contributed by atoms with Gasteiger partial charge in [-0.1, -0.05) is 157 Å². The number of fused-ring (bicyclic) bond motifs is 1. The Balaban J connectivity index is 0.000000133. The molecule has 0 spiro atoms. The summed E-state index contributed by atoms with van der Waals surface area (Å²) in [6.45, 7) is 7.85. The Hall–Kier alpha value is -10.4. The monoisotopic (exact) mass is 1570 g/mol. The van der Waals surface area contributed by atoms with Crippen LogP contribution in [0.5, 0.6) is 51.7 Å². The van der Waals surface area contributed by atoms with E-state index >= 15 is 0 Å². The van der Waals surface area contributed by atoms with Crippen molar-refractivity contribution >= 4 is 39.2 Å². The van der Waals surface area contributed by atoms with Gasteiger partial charge in [0.25, 0.3) is 0 Å². The lowest BCUT2D eigenvalue weighted by Gasteiger charge is -2.35. The van der Waals surface area contributed by atoms with E-state index in [0.29, 0.717) is 70.5 Å². The summed E-state index contributed by atoms with van der Waals surface area (Å²) in [7, 11) is 0. The fraction of sp³-hybridized carbons (Fsp3) is 0.286. The van der Waals surface area contributed by atoms with Gasteiger partial charge in [0.2, 0.25) is 5.75 Å². The maximum absolute atomic E-state index is 14.6. The normalized spacial score (nSPS) is 20.0. The highest BCUT2D eigenvalue weighted by Gasteiger charge is 2.37. The van der Waals surface area contributed by atoms with Gasteiger partial charge in [-0.2, -0.15) is 4.37 Å². The molecule has 12 aromatic rings. The van der Waals surface area contributed by atoms with Gasteiger partial charge in [-0.05, 0) is 202 Å². The molecule has 3 aliphatic carbocycles. The van der Waals surface area contributed by atoms with Gasteiger partial charge in [-0.3, -0.25) is 0 Å². The number of para-hydroxylation sites is 5. The summed E-state index contributed by atoms with van der Waals surface area (Å²) in [5.74, 6) is 4.06. The summed E-state index contributed by atoms with van der Waals surface area (Å²) in [5, 5.41) is 47.2. The summed E-state index contributed by atoms with van der Waals surface area (Å²) in [5.41, 5.74) is 7.14. The quantitative estimate of drug-likeness (QED) is 0.0318. The van der Waals surface area contributed by atoms with Crippen molar-refractivity contribution in [2.24, 2.45) is 0 Å². The third-order valence-corrected chi connectivity index (χ3v) is 21.3. The summed E-state index contributed by atoms with van der Waals surface area (Å²) in [6, 6.07) is 76.7. The number of hydrogen-bond donors (Lipinski definition) is 7. The number of piperazine rings is 1. The summed E-state index contributed by atoms with van der Waals surface area (Å²) < 4.78 is 82.8. The third kappa shape index (κ3) is 22.9. The number of rotatable bonds is 23. The fourth-order valence-electron chi connectivity index (χ4n) is 14.1. The number of aryl methyl sites for hydroxylation is 1. The van der Waals surface area contributed by atoms with Gasteiger partial charge >= 0.3 is 0 Å². The van der Waals surface area contributed by atoms with E-state index in [1.165, 1.54) is 53.0 Å². The number of nitrogens with zero attached hydrogens (tertiary/aromatic N) is 4. The Kier molecular flexibility index (Phi) is 29.1. The van der Waals surface area contributed by atoms with E-state index in [1.54, 1.807) is 73.1 Å². The molecule has 1 saturated heterocycles. The lowest BCUT2D eigenvalue weighted by Crippen LogP contribution is -2.50. The molecule has 17 nitrogen and oxygen atoms in total. The molecular weight excluding hydrogens is 1470 g/mol. The minimum absolute atomic E-state index is 0.00620. The van der Waals surface area contributed by atoms with Crippen molar-refractivity contribution in [2.75, 3.05) is 31.1 Å². The van der Waals surface area contributed by atoms with Crippen LogP contribution in [0.3, 0.4) is 0 Å². The van der Waals surface area contributed by atoms with Gasteiger partial charge in [0.1, 0.15) is 87.7 Å². The Morgan fingerprint density at radius 1 is 0.460 bits per heavy atom. The molecule has 4 fully saturated rings. The second-order valence-corrected chi connectivity index (χ2v) is 29.5. The van der Waals surface area contributed by atoms with Crippen LogP contribution in [0.15, 0.2) is 261 Å². The molecule has 1 aliphatic heterocycles. The van der Waals surface area contributed by atoms with E-state index < -0.39 is 30.2 Å². The predicted molar refractivity (Wildman–Crippen MR) is 438 cm³/mol. The molecule has 3 heterocycles. The van der Waals surface area contributed by atoms with E-state index in [2.05, 4.69) is 76.9 Å². The second kappa shape index (κ2) is 40.9. The molecule has 0 radical (unpaired) electrons. The average Bonchev–Trinajstić information content (AvgIpc) is 1.61. The Labute approximate surface area is 666 Å². The maximum atomic E-state index is 14.6. The first-order valence-corrected chi connectivity index (χ1v) is 39.7. The first kappa shape index (κ1) is 80.6. The average molecular weight is 1570 g/mol. The largest absolute Gasteiger partial charge is 0.484 e. The van der Waals surface area contributed by atoms with Crippen molar-refractivity contribution < 1.29 is 56.9 Å². The Morgan fingerprint density at radius 3 is 1.42 bits per heavy atom. The van der Waals surface area contributed by atoms with Crippen LogP contribution >= 0.6 is 23.1 Å². The van der Waals surface area contributed by atoms with E-state index in [-0.39, 0.29) is 47.7 Å². The second-order valence-electron chi connectivity index (χ2n) is 28.3. The zero-order valence-electron chi connectivity index (χ0n) is 62.8. The zero-order chi connectivity index (χ0) is 78.1. The molecule has 7 N–H and O–H groups in total. The molecule has 10 aromatic carbocycles. The van der Waals surface area contributed by atoms with Crippen molar-refractivity contribution in [3.63, 3.8) is 0 Å². The van der Waals surface area contributed by atoms with Gasteiger partial charge in [0.15, 0.2) is 40.4 Å². The predicted octanol–water partition coefficient (Wildman–Crippen LogP) is 18.3. The number of nitrogens with one attached hydrogen (secondary N) is 4. The van der Waals surface area contributed by atoms with Crippen LogP contribution in [0.1, 0.15) is 80.0 Å². The summed E-state index contributed by atoms with van der Waals surface area (Å²) >= 11 is 7.36. The maximum Gasteiger partial charge on any atom is 0.204 e. The van der Waals surface area contributed by atoms with Crippen molar-refractivity contribution in [3.8, 4) is 63.0 Å². The van der Waals surface area contributed by atoms with Crippen LogP contribution in [0, 0.1) is 24.4 Å². The van der Waals surface area contributed by atoms with E-state index in [9.17, 15) is 28.5 Å². The number of halogens is 4. The number of aromatic nitrogens is 3. The highest BCUT2D eigenvalue weighted by molar-refractivity contribution is 7.14. The number of benzene rings is 10. The first-order chi connectivity index (χ1) is 55.3. The first-order valence-electron chi connectivity index (χ1n) is 38.6. The lowest BCUT2D eigenvalue weighted by atomic mass is 9.89. The lowest BCUT2D eigenvalue weighted by molar-refractivity contribution is -0.0167. The van der Waals surface area contributed by atoms with Crippen molar-refractivity contribution in [3.05, 3.63) is 306 Å². The Morgan fingerprint density at radius 2 is 0.912 bits per heavy atom. The van der Waals surface area contributed by atoms with Crippen molar-refractivity contribution in [2.45, 2.75) is 139 Å². The van der Waals surface area contributed by atoms with Crippen LogP contribution in [-0.2, 0) is 19.6 Å². The van der Waals surface area contributed by atoms with Crippen molar-refractivity contribution in [1.82, 2.24) is 35.6 Å². The fourth-order valence-corrected chi connectivity index (χ4v) is 15.1. The van der Waals surface area contributed by atoms with Crippen LogP contribution in [0.4, 0.5) is 19.0 Å². The highest BCUT2D eigenvalue weighted by atomic mass is 35.5. The third-order valence-electron chi connectivity index (χ3n) is 20.2. The smallest absolute Gasteiger partial charge is 0.204 e. The van der Waals surface area contributed by atoms with E-state index in [1.807, 2.05) is 128 Å². The number of anilines is 1. The van der Waals surface area contributed by atoms with Gasteiger partial charge in [0.05, 0.1) is 0 Å². The number of aliphatic hydroxyl groups is 3. The molecule has 0 bridgehead atoms. The standard InChI is InChI=1S/C26H28FNO3.C25H26ClNO3.C25H26FNO3.C15H14FN5S/c1-18-13-15-20(16-14-18)30-26-21(27)9-5-12-24(26)31-23-11-6-10-22(25(23)29)28-17-19-7-3-2-4-8-19;26-19-13-15-20(16-14-19)29-22-10-4-5-11-23(22)30-24-12-6-9-21(25(24)28)27-17-18-7-2-1-3-8-18;26-19-10-6-11-20(16-19)29-22-13-4-5-14-23(22)30-24-15-7-12-21(25(24)28)27-17-18-8-2-1-3-9-18;16-11-3-1-10(2-4-11)12-13-14(22-20-12)15(19-9-18-13)21-7-5-17-6-8-21/h2-5,7-9,12-16,22-23,25,28-29H,6,10-11,17H2,1H3;1-5,7-8,10-11,13-16,21,24-25,27-28H,6,9,12,17H2;1-6,8-11,13-14,16,21,24-25,27-28H,7,12,15,17H2;1-4,9,17H,5-8H2/t22-,23-,25-;2*21-,24-,25-;/m111./s1. The molecule has 3 saturated carbocycles. The van der Waals surface area contributed by atoms with Gasteiger partial charge in [0, 0.05) is 80.6 Å². The molecule has 0 amide bonds. The van der Waals surface area contributed by atoms with E-state index in [4.69, 9.17) is 40.0 Å². The molecule has 16 rings (SSSR count). The molecule has 22 heteroatoms. The number of aliphatic hydroxyl groups excluding tert-OH is 3. The zero-order valence-corrected chi connectivity index (χ0v) is 64.4. The van der Waals surface area contributed by atoms with Crippen molar-refractivity contribution in [1.29, 1.82) is 0 Å². The number of ether oxygens (including phenoxy) is 6. The van der Waals surface area contributed by atoms with Gasteiger partial charge in [-0.25, -0.2) is 23.1 Å². The highest BCUT2D eigenvalue weighted by Crippen LogP contribution is 2.40. The summed E-state index contributed by atoms with van der Waals surface area (Å²) in [6.07, 6.45) is 6.41. The Bertz CT molecular complexity index is 4890. The molecule has 113 heavy (non-hydrogen) atoms. The molecule has 9 atom stereocenters. The van der Waals surface area contributed by atoms with Crippen LogP contribution in [0.25, 0.3) is 21.5 Å².